The maximum absolute atomic E-state index is 5.52. The van der Waals surface area contributed by atoms with Crippen molar-refractivity contribution in [3.8, 4) is 89.4 Å². The topological polar surface area (TPSA) is 51.6 Å². The largest absolute Gasteiger partial charge is 0.265 e. The van der Waals surface area contributed by atoms with Crippen molar-refractivity contribution in [2.45, 2.75) is 5.41 Å². The molecule has 14 rings (SSSR count). The number of rotatable bonds is 6. The van der Waals surface area contributed by atoms with Crippen molar-refractivity contribution in [1.82, 2.24) is 19.9 Å². The zero-order valence-electron chi connectivity index (χ0n) is 37.4. The average Bonchev–Trinajstić information content (AvgIpc) is 3.91. The van der Waals surface area contributed by atoms with Crippen LogP contribution in [0.3, 0.4) is 0 Å². The third-order valence-electron chi connectivity index (χ3n) is 14.5. The van der Waals surface area contributed by atoms with Gasteiger partial charge in [-0.25, -0.2) is 9.97 Å². The molecule has 0 aliphatic heterocycles. The molecule has 0 saturated carbocycles. The zero-order chi connectivity index (χ0) is 45.5. The van der Waals surface area contributed by atoms with Gasteiger partial charge in [-0.05, 0) is 126 Å². The molecule has 0 radical (unpaired) electrons. The lowest BCUT2D eigenvalue weighted by atomic mass is 9.70. The van der Waals surface area contributed by atoms with E-state index in [1.54, 1.807) is 0 Å². The van der Waals surface area contributed by atoms with Gasteiger partial charge >= 0.3 is 0 Å². The lowest BCUT2D eigenvalue weighted by Crippen LogP contribution is -2.25. The summed E-state index contributed by atoms with van der Waals surface area (Å²) in [5, 5.41) is 3.51. The van der Waals surface area contributed by atoms with Crippen LogP contribution in [0.2, 0.25) is 0 Å². The minimum absolute atomic E-state index is 0.440. The van der Waals surface area contributed by atoms with Gasteiger partial charge in [0, 0.05) is 57.6 Å². The first-order valence-corrected chi connectivity index (χ1v) is 23.5. The third kappa shape index (κ3) is 6.02. The summed E-state index contributed by atoms with van der Waals surface area (Å²) >= 11 is 0. The molecule has 12 aromatic rings. The summed E-state index contributed by atoms with van der Waals surface area (Å²) in [6.45, 7) is 0. The molecule has 0 N–H and O–H groups in total. The van der Waals surface area contributed by atoms with Crippen molar-refractivity contribution in [2.24, 2.45) is 0 Å². The number of nitrogens with zero attached hydrogens (tertiary/aromatic N) is 4. The third-order valence-corrected chi connectivity index (χ3v) is 14.5. The van der Waals surface area contributed by atoms with E-state index in [2.05, 4.69) is 204 Å². The normalized spacial score (nSPS) is 12.8. The summed E-state index contributed by atoms with van der Waals surface area (Å²) in [5.74, 6) is 0. The Kier molecular flexibility index (Phi) is 8.77. The van der Waals surface area contributed by atoms with E-state index in [0.717, 1.165) is 83.4 Å². The molecule has 320 valence electrons. The molecule has 1 spiro atoms. The Morgan fingerprint density at radius 3 is 1.42 bits per heavy atom. The van der Waals surface area contributed by atoms with Crippen LogP contribution >= 0.6 is 0 Å². The standard InChI is InChI=1S/C65H40N4/c1-5-16-55-50(12-1)51-13-2-6-17-56(51)65(55)57-18-7-3-14-52(57)63-58(65)29-28-54-62(63)53-15-4-8-19-59(53)69-64(54)48-11-9-10-47(38-48)61-40-49(43-22-20-41(21-23-43)44-30-34-66-35-31-44)39-60(68-61)46-26-24-42(25-27-46)45-32-36-67-37-33-45/h1-40H. The van der Waals surface area contributed by atoms with Crippen LogP contribution in [0.1, 0.15) is 22.3 Å². The summed E-state index contributed by atoms with van der Waals surface area (Å²) in [6.07, 6.45) is 7.34. The highest BCUT2D eigenvalue weighted by Crippen LogP contribution is 2.64. The summed E-state index contributed by atoms with van der Waals surface area (Å²) in [7, 11) is 0. The molecule has 69 heavy (non-hydrogen) atoms. The van der Waals surface area contributed by atoms with Crippen molar-refractivity contribution in [1.29, 1.82) is 0 Å². The van der Waals surface area contributed by atoms with Crippen molar-refractivity contribution >= 4 is 21.7 Å². The van der Waals surface area contributed by atoms with E-state index >= 15 is 0 Å². The smallest absolute Gasteiger partial charge is 0.0788 e. The van der Waals surface area contributed by atoms with Gasteiger partial charge in [0.05, 0.1) is 28.0 Å². The molecule has 8 aromatic carbocycles. The first kappa shape index (κ1) is 39.1. The van der Waals surface area contributed by atoms with Crippen LogP contribution in [0.4, 0.5) is 0 Å². The molecule has 0 bridgehead atoms. The SMILES string of the molecule is c1cc(-c2cc(-c3ccc(-c4ccncc4)cc3)cc(-c3ccc(-c4ccncc4)cc3)n2)cc(-c2nc3ccccc3c3c4c(ccc23)C2(c3ccccc3-c3ccccc32)c2ccccc2-4)c1. The van der Waals surface area contributed by atoms with Crippen LogP contribution < -0.4 is 0 Å². The van der Waals surface area contributed by atoms with Crippen molar-refractivity contribution in [2.75, 3.05) is 0 Å². The molecule has 4 nitrogen and oxygen atoms in total. The zero-order valence-corrected chi connectivity index (χ0v) is 37.4. The Labute approximate surface area is 400 Å². The highest BCUT2D eigenvalue weighted by Gasteiger charge is 2.52. The quantitative estimate of drug-likeness (QED) is 0.156. The second-order valence-electron chi connectivity index (χ2n) is 18.1. The number of para-hydroxylation sites is 1. The van der Waals surface area contributed by atoms with Gasteiger partial charge < -0.3 is 0 Å². The van der Waals surface area contributed by atoms with E-state index in [4.69, 9.17) is 9.97 Å². The van der Waals surface area contributed by atoms with Gasteiger partial charge in [-0.15, -0.1) is 0 Å². The Bertz CT molecular complexity index is 3850. The van der Waals surface area contributed by atoms with E-state index in [-0.39, 0.29) is 0 Å². The van der Waals surface area contributed by atoms with Crippen LogP contribution in [0.25, 0.3) is 111 Å². The number of hydrogen-bond donors (Lipinski definition) is 0. The van der Waals surface area contributed by atoms with Gasteiger partial charge in [-0.3, -0.25) is 9.97 Å². The molecular weight excluding hydrogens is 837 g/mol. The fraction of sp³-hybridized carbons (Fsp3) is 0.0154. The highest BCUT2D eigenvalue weighted by atomic mass is 14.7. The van der Waals surface area contributed by atoms with Crippen molar-refractivity contribution in [3.05, 3.63) is 265 Å². The fourth-order valence-corrected chi connectivity index (χ4v) is 11.4. The second-order valence-corrected chi connectivity index (χ2v) is 18.1. The maximum atomic E-state index is 5.52. The molecule has 0 atom stereocenters. The molecule has 2 aliphatic carbocycles. The van der Waals surface area contributed by atoms with E-state index < -0.39 is 5.41 Å². The summed E-state index contributed by atoms with van der Waals surface area (Å²) in [4.78, 5) is 19.4. The monoisotopic (exact) mass is 876 g/mol. The fourth-order valence-electron chi connectivity index (χ4n) is 11.4. The molecule has 4 aromatic heterocycles. The van der Waals surface area contributed by atoms with E-state index in [0.29, 0.717) is 0 Å². The van der Waals surface area contributed by atoms with Gasteiger partial charge in [-0.1, -0.05) is 170 Å². The number of pyridine rings is 4. The number of fused-ring (bicyclic) bond motifs is 14. The Morgan fingerprint density at radius 1 is 0.290 bits per heavy atom. The van der Waals surface area contributed by atoms with Crippen LogP contribution in [0.5, 0.6) is 0 Å². The highest BCUT2D eigenvalue weighted by molar-refractivity contribution is 6.20. The average molecular weight is 877 g/mol. The first-order chi connectivity index (χ1) is 34.2. The maximum Gasteiger partial charge on any atom is 0.0788 e. The lowest BCUT2D eigenvalue weighted by Gasteiger charge is -2.30. The van der Waals surface area contributed by atoms with Gasteiger partial charge in [0.25, 0.3) is 0 Å². The van der Waals surface area contributed by atoms with Crippen molar-refractivity contribution < 1.29 is 0 Å². The first-order valence-electron chi connectivity index (χ1n) is 23.5. The number of aromatic nitrogens is 4. The molecular formula is C65H40N4. The van der Waals surface area contributed by atoms with Crippen LogP contribution in [0.15, 0.2) is 243 Å². The summed E-state index contributed by atoms with van der Waals surface area (Å²) in [6, 6.07) is 79.4. The Morgan fingerprint density at radius 2 is 0.783 bits per heavy atom. The van der Waals surface area contributed by atoms with Crippen LogP contribution in [-0.2, 0) is 5.41 Å². The second kappa shape index (κ2) is 15.5. The lowest BCUT2D eigenvalue weighted by molar-refractivity contribution is 0.794. The van der Waals surface area contributed by atoms with E-state index in [1.807, 2.05) is 49.1 Å². The number of benzene rings is 8. The molecule has 4 heterocycles. The minimum atomic E-state index is -0.440. The van der Waals surface area contributed by atoms with Crippen LogP contribution in [0, 0.1) is 0 Å². The summed E-state index contributed by atoms with van der Waals surface area (Å²) in [5.41, 5.74) is 23.6. The van der Waals surface area contributed by atoms with Crippen LogP contribution in [-0.4, -0.2) is 19.9 Å². The summed E-state index contributed by atoms with van der Waals surface area (Å²) < 4.78 is 0. The molecule has 0 saturated heterocycles. The predicted molar refractivity (Wildman–Crippen MR) is 282 cm³/mol. The van der Waals surface area contributed by atoms with E-state index in [9.17, 15) is 0 Å². The molecule has 2 aliphatic rings. The molecule has 0 unspecified atom stereocenters. The number of hydrogen-bond acceptors (Lipinski definition) is 4. The van der Waals surface area contributed by atoms with E-state index in [1.165, 1.54) is 49.9 Å². The van der Waals surface area contributed by atoms with Gasteiger partial charge in [0.15, 0.2) is 0 Å². The Balaban J connectivity index is 0.951. The molecule has 0 amide bonds. The Hall–Kier alpha value is -9.12. The van der Waals surface area contributed by atoms with Gasteiger partial charge in [-0.2, -0.15) is 0 Å². The molecule has 4 heteroatoms. The minimum Gasteiger partial charge on any atom is -0.265 e. The van der Waals surface area contributed by atoms with Gasteiger partial charge in [0.2, 0.25) is 0 Å². The van der Waals surface area contributed by atoms with Gasteiger partial charge in [0.1, 0.15) is 0 Å². The predicted octanol–water partition coefficient (Wildman–Crippen LogP) is 15.9. The molecule has 0 fully saturated rings. The van der Waals surface area contributed by atoms with Crippen molar-refractivity contribution in [3.63, 3.8) is 0 Å².